The highest BCUT2D eigenvalue weighted by molar-refractivity contribution is 9.10. The number of sulfonamides is 1. The van der Waals surface area contributed by atoms with Gasteiger partial charge in [-0.25, -0.2) is 26.8 Å². The lowest BCUT2D eigenvalue weighted by molar-refractivity contribution is -0.0567. The van der Waals surface area contributed by atoms with Crippen LogP contribution in [0.2, 0.25) is 0 Å². The van der Waals surface area contributed by atoms with E-state index in [-0.39, 0.29) is 23.1 Å². The molecule has 58 heavy (non-hydrogen) atoms. The first-order valence-corrected chi connectivity index (χ1v) is 23.7. The highest BCUT2D eigenvalue weighted by Crippen LogP contribution is 2.40. The molecule has 2 N–H and O–H groups in total. The monoisotopic (exact) mass is 924 g/mol. The number of anilines is 2. The number of ether oxygens (including phenoxy) is 1. The van der Waals surface area contributed by atoms with Crippen LogP contribution in [0.1, 0.15) is 48.9 Å². The Morgan fingerprint density at radius 2 is 1.72 bits per heavy atom. The molecule has 3 aromatic carbocycles. The van der Waals surface area contributed by atoms with Gasteiger partial charge in [-0.3, -0.25) is 9.62 Å². The zero-order chi connectivity index (χ0) is 41.7. The normalized spacial score (nSPS) is 19.8. The summed E-state index contributed by atoms with van der Waals surface area (Å²) in [5.74, 6) is 0.409. The maximum atomic E-state index is 14.1. The second kappa shape index (κ2) is 18.6. The van der Waals surface area contributed by atoms with Gasteiger partial charge in [-0.15, -0.1) is 11.8 Å². The van der Waals surface area contributed by atoms with E-state index in [0.29, 0.717) is 55.6 Å². The molecule has 1 aromatic heterocycles. The van der Waals surface area contributed by atoms with E-state index < -0.39 is 41.2 Å². The maximum Gasteiger partial charge on any atom is 0.501 e. The minimum atomic E-state index is -5.98. The summed E-state index contributed by atoms with van der Waals surface area (Å²) in [5.41, 5.74) is -3.87. The van der Waals surface area contributed by atoms with Crippen LogP contribution in [-0.2, 0) is 44.0 Å². The molecule has 1 fully saturated rings. The number of aromatic nitrogens is 2. The summed E-state index contributed by atoms with van der Waals surface area (Å²) in [7, 11) is -5.11. The largest absolute Gasteiger partial charge is 0.501 e. The van der Waals surface area contributed by atoms with Crippen molar-refractivity contribution in [3.8, 4) is 0 Å². The number of halogens is 4. The Morgan fingerprint density at radius 3 is 2.40 bits per heavy atom. The fourth-order valence-electron chi connectivity index (χ4n) is 7.58. The molecule has 6 rings (SSSR count). The third kappa shape index (κ3) is 10.5. The second-order valence-corrected chi connectivity index (χ2v) is 20.6. The number of hydrogen-bond acceptors (Lipinski definition) is 11. The van der Waals surface area contributed by atoms with Crippen molar-refractivity contribution in [2.45, 2.75) is 89.4 Å². The molecule has 0 radical (unpaired) electrons. The number of hydrogen-bond donors (Lipinski definition) is 2. The number of thioether (sulfide) groups is 1. The van der Waals surface area contributed by atoms with Crippen molar-refractivity contribution in [1.82, 2.24) is 19.8 Å². The van der Waals surface area contributed by atoms with Gasteiger partial charge in [-0.1, -0.05) is 52.3 Å². The summed E-state index contributed by atoms with van der Waals surface area (Å²) in [5, 5.41) is 3.00. The minimum Gasteiger partial charge on any atom is -0.380 e. The Balaban J connectivity index is 1.19. The fourth-order valence-corrected chi connectivity index (χ4v) is 11.1. The molecular formula is C40H48BrF3N6O5S3. The Labute approximate surface area is 351 Å². The molecular weight excluding hydrogens is 878 g/mol. The van der Waals surface area contributed by atoms with Gasteiger partial charge in [0.15, 0.2) is 0 Å². The summed E-state index contributed by atoms with van der Waals surface area (Å²) in [6.45, 7) is 1.65. The van der Waals surface area contributed by atoms with Crippen LogP contribution >= 0.6 is 27.7 Å². The second-order valence-electron chi connectivity index (χ2n) is 15.0. The first-order chi connectivity index (χ1) is 27.5. The van der Waals surface area contributed by atoms with Crippen molar-refractivity contribution in [2.24, 2.45) is 0 Å². The van der Waals surface area contributed by atoms with Crippen LogP contribution in [0.25, 0.3) is 0 Å². The fraction of sp³-hybridized carbons (Fsp3) is 0.450. The maximum absolute atomic E-state index is 14.1. The van der Waals surface area contributed by atoms with Gasteiger partial charge in [0.25, 0.3) is 19.9 Å². The third-order valence-electron chi connectivity index (χ3n) is 10.9. The van der Waals surface area contributed by atoms with Crippen LogP contribution in [0.15, 0.2) is 98.3 Å². The standard InChI is InChI=1S/C40H48BrF3N6O5S3/c1-49(2)21-17-29(26-56-31-10-5-4-6-11-31)47-35-14-13-32(23-37(35)57(51,52)40(42,43)44)58(53,54)48-38-33-18-22-50(25-36(33)45-27-46-38)30-15-19-39(55-3,20-16-30)24-28-9-7-8-12-34(28)41/h4-14,23,27,29-30,47H,15-22,24-26H2,1-3H3,(H,45,46,48)/t29-,30?,39?/m1/s1. The van der Waals surface area contributed by atoms with Crippen LogP contribution < -0.4 is 10.0 Å². The molecule has 2 aliphatic rings. The van der Waals surface area contributed by atoms with E-state index in [1.165, 1.54) is 23.7 Å². The van der Waals surface area contributed by atoms with Gasteiger partial charge >= 0.3 is 5.51 Å². The van der Waals surface area contributed by atoms with E-state index >= 15 is 0 Å². The average Bonchev–Trinajstić information content (AvgIpc) is 3.19. The van der Waals surface area contributed by atoms with Gasteiger partial charge in [0.05, 0.1) is 21.9 Å². The molecule has 4 aromatic rings. The Bertz CT molecular complexity index is 2260. The number of sulfone groups is 1. The molecule has 1 aliphatic carbocycles. The summed E-state index contributed by atoms with van der Waals surface area (Å²) in [6.07, 6.45) is 6.52. The molecule has 1 aliphatic heterocycles. The predicted molar refractivity (Wildman–Crippen MR) is 224 cm³/mol. The van der Waals surface area contributed by atoms with Crippen molar-refractivity contribution in [3.63, 3.8) is 0 Å². The Hall–Kier alpha value is -3.26. The van der Waals surface area contributed by atoms with Crippen molar-refractivity contribution in [3.05, 3.63) is 100 Å². The Morgan fingerprint density at radius 1 is 1.02 bits per heavy atom. The smallest absolute Gasteiger partial charge is 0.380 e. The van der Waals surface area contributed by atoms with Gasteiger partial charge in [-0.2, -0.15) is 13.2 Å². The van der Waals surface area contributed by atoms with Crippen LogP contribution in [0, 0.1) is 0 Å². The van der Waals surface area contributed by atoms with Crippen LogP contribution in [0.3, 0.4) is 0 Å². The molecule has 0 amide bonds. The number of methoxy groups -OCH3 is 1. The van der Waals surface area contributed by atoms with Gasteiger partial charge < -0.3 is 15.0 Å². The topological polar surface area (TPSA) is 134 Å². The highest BCUT2D eigenvalue weighted by atomic mass is 79.9. The van der Waals surface area contributed by atoms with Gasteiger partial charge in [0.2, 0.25) is 0 Å². The summed E-state index contributed by atoms with van der Waals surface area (Å²) < 4.78 is 106. The van der Waals surface area contributed by atoms with E-state index in [0.717, 1.165) is 53.6 Å². The van der Waals surface area contributed by atoms with Gasteiger partial charge in [0.1, 0.15) is 17.0 Å². The van der Waals surface area contributed by atoms with Crippen molar-refractivity contribution >= 4 is 59.1 Å². The molecule has 0 bridgehead atoms. The number of fused-ring (bicyclic) bond motifs is 1. The number of nitrogens with one attached hydrogen (secondary N) is 2. The molecule has 18 heteroatoms. The molecule has 0 saturated heterocycles. The summed E-state index contributed by atoms with van der Waals surface area (Å²) >= 11 is 5.13. The van der Waals surface area contributed by atoms with Crippen LogP contribution in [0.5, 0.6) is 0 Å². The number of benzene rings is 3. The third-order valence-corrected chi connectivity index (χ3v) is 15.7. The highest BCUT2D eigenvalue weighted by Gasteiger charge is 2.48. The SMILES string of the molecule is COC1(Cc2ccccc2Br)CCC(N2CCc3c(ncnc3NS(=O)(=O)c3ccc(N[C@H](CCN(C)C)CSc4ccccc4)c(S(=O)(=O)C(F)(F)F)c3)C2)CC1. The number of rotatable bonds is 16. The van der Waals surface area contributed by atoms with E-state index in [9.17, 15) is 30.0 Å². The van der Waals surface area contributed by atoms with E-state index in [1.807, 2.05) is 67.5 Å². The average molecular weight is 926 g/mol. The molecule has 0 spiro atoms. The van der Waals surface area contributed by atoms with Crippen LogP contribution in [0.4, 0.5) is 24.7 Å². The van der Waals surface area contributed by atoms with Gasteiger partial charge in [-0.05, 0) is 101 Å². The van der Waals surface area contributed by atoms with E-state index in [4.69, 9.17) is 4.74 Å². The zero-order valence-electron chi connectivity index (χ0n) is 32.5. The minimum absolute atomic E-state index is 0.00393. The van der Waals surface area contributed by atoms with Gasteiger partial charge in [0, 0.05) is 59.4 Å². The molecule has 2 heterocycles. The predicted octanol–water partition coefficient (Wildman–Crippen LogP) is 7.79. The lowest BCUT2D eigenvalue weighted by Crippen LogP contribution is -2.47. The number of alkyl halides is 3. The van der Waals surface area contributed by atoms with Crippen molar-refractivity contribution in [2.75, 3.05) is 50.1 Å². The first-order valence-electron chi connectivity index (χ1n) is 18.9. The number of nitrogens with zero attached hydrogens (tertiary/aromatic N) is 4. The molecule has 11 nitrogen and oxygen atoms in total. The Kier molecular flexibility index (Phi) is 14.2. The van der Waals surface area contributed by atoms with E-state index in [1.54, 1.807) is 7.11 Å². The van der Waals surface area contributed by atoms with Crippen LogP contribution in [-0.4, -0.2) is 99.8 Å². The molecule has 314 valence electrons. The lowest BCUT2D eigenvalue weighted by atomic mass is 9.77. The molecule has 1 atom stereocenters. The summed E-state index contributed by atoms with van der Waals surface area (Å²) in [6, 6.07) is 20.1. The van der Waals surface area contributed by atoms with Crippen molar-refractivity contribution in [1.29, 1.82) is 0 Å². The first kappa shape index (κ1) is 44.3. The molecule has 0 unspecified atom stereocenters. The lowest BCUT2D eigenvalue weighted by Gasteiger charge is -2.44. The zero-order valence-corrected chi connectivity index (χ0v) is 36.5. The quantitative estimate of drug-likeness (QED) is 0.107. The molecule has 1 saturated carbocycles. The van der Waals surface area contributed by atoms with Crippen molar-refractivity contribution < 1.29 is 34.7 Å². The summed E-state index contributed by atoms with van der Waals surface area (Å²) in [4.78, 5) is 12.0. The van der Waals surface area contributed by atoms with E-state index in [2.05, 4.69) is 46.9 Å².